The van der Waals surface area contributed by atoms with E-state index in [1.807, 2.05) is 0 Å². The van der Waals surface area contributed by atoms with Gasteiger partial charge < -0.3 is 10.9 Å². The van der Waals surface area contributed by atoms with E-state index in [0.717, 1.165) is 0 Å². The SMILES string of the molecule is NN=CC(=O)O. The summed E-state index contributed by atoms with van der Waals surface area (Å²) < 4.78 is 0. The number of hydrazone groups is 1. The Morgan fingerprint density at radius 3 is 2.50 bits per heavy atom. The van der Waals surface area contributed by atoms with Gasteiger partial charge in [0.15, 0.2) is 0 Å². The van der Waals surface area contributed by atoms with E-state index in [4.69, 9.17) is 5.11 Å². The molecule has 0 aromatic heterocycles. The van der Waals surface area contributed by atoms with Crippen molar-refractivity contribution in [2.75, 3.05) is 0 Å². The Hall–Kier alpha value is -1.06. The molecule has 0 heterocycles. The minimum Gasteiger partial charge on any atom is -0.477 e. The van der Waals surface area contributed by atoms with Crippen molar-refractivity contribution >= 4 is 12.2 Å². The number of carboxylic acids is 1. The average Bonchev–Trinajstić information content (AvgIpc) is 1.35. The zero-order valence-corrected chi connectivity index (χ0v) is 2.96. The van der Waals surface area contributed by atoms with E-state index >= 15 is 0 Å². The lowest BCUT2D eigenvalue weighted by Gasteiger charge is -1.68. The number of hydrogen-bond donors (Lipinski definition) is 2. The number of aliphatic carboxylic acids is 1. The van der Waals surface area contributed by atoms with Gasteiger partial charge in [-0.2, -0.15) is 5.10 Å². The van der Waals surface area contributed by atoms with Crippen molar-refractivity contribution in [3.05, 3.63) is 0 Å². The predicted molar refractivity (Wildman–Crippen MR) is 20.3 cm³/mol. The molecule has 4 nitrogen and oxygen atoms in total. The van der Waals surface area contributed by atoms with E-state index in [1.165, 1.54) is 0 Å². The summed E-state index contributed by atoms with van der Waals surface area (Å²) in [6.45, 7) is 0. The molecule has 6 heavy (non-hydrogen) atoms. The van der Waals surface area contributed by atoms with Crippen LogP contribution in [0.2, 0.25) is 0 Å². The molecule has 0 unspecified atom stereocenters. The van der Waals surface area contributed by atoms with E-state index in [9.17, 15) is 4.79 Å². The van der Waals surface area contributed by atoms with Crippen molar-refractivity contribution in [3.8, 4) is 0 Å². The van der Waals surface area contributed by atoms with Crippen LogP contribution in [0.25, 0.3) is 0 Å². The third kappa shape index (κ3) is 2.94. The molecular weight excluding hydrogens is 84.0 g/mol. The lowest BCUT2D eigenvalue weighted by Crippen LogP contribution is -1.96. The fraction of sp³-hybridized carbons (Fsp3) is 0. The second-order valence-corrected chi connectivity index (χ2v) is 0.616. The van der Waals surface area contributed by atoms with Gasteiger partial charge in [0.1, 0.15) is 6.21 Å². The maximum Gasteiger partial charge on any atom is 0.348 e. The molecule has 0 saturated heterocycles. The fourth-order valence-electron chi connectivity index (χ4n) is 0.0638. The molecule has 3 N–H and O–H groups in total. The van der Waals surface area contributed by atoms with Gasteiger partial charge in [-0.3, -0.25) is 0 Å². The lowest BCUT2D eigenvalue weighted by atomic mass is 10.8. The molecule has 0 spiro atoms. The van der Waals surface area contributed by atoms with Gasteiger partial charge in [0.2, 0.25) is 0 Å². The van der Waals surface area contributed by atoms with E-state index in [1.54, 1.807) is 0 Å². The first kappa shape index (κ1) is 4.94. The Labute approximate surface area is 34.3 Å². The van der Waals surface area contributed by atoms with Crippen molar-refractivity contribution in [2.45, 2.75) is 0 Å². The van der Waals surface area contributed by atoms with Crippen LogP contribution in [0, 0.1) is 0 Å². The first-order valence-electron chi connectivity index (χ1n) is 1.23. The Morgan fingerprint density at radius 2 is 2.50 bits per heavy atom. The fourth-order valence-corrected chi connectivity index (χ4v) is 0.0638. The molecular formula is C2H4N2O2. The quantitative estimate of drug-likeness (QED) is 0.245. The molecule has 0 amide bonds. The third-order valence-electron chi connectivity index (χ3n) is 0.185. The van der Waals surface area contributed by atoms with E-state index in [-0.39, 0.29) is 0 Å². The number of nitrogens with zero attached hydrogens (tertiary/aromatic N) is 1. The van der Waals surface area contributed by atoms with Crippen molar-refractivity contribution in [2.24, 2.45) is 10.9 Å². The van der Waals surface area contributed by atoms with Gasteiger partial charge in [-0.25, -0.2) is 4.79 Å². The Balaban J connectivity index is 3.30. The number of carboxylic acid groups (broad SMARTS) is 1. The summed E-state index contributed by atoms with van der Waals surface area (Å²) in [5, 5.41) is 10.4. The van der Waals surface area contributed by atoms with Crippen LogP contribution in [0.4, 0.5) is 0 Å². The molecule has 0 aliphatic rings. The second kappa shape index (κ2) is 2.19. The summed E-state index contributed by atoms with van der Waals surface area (Å²) in [7, 11) is 0. The summed E-state index contributed by atoms with van der Waals surface area (Å²) in [4.78, 5) is 9.37. The summed E-state index contributed by atoms with van der Waals surface area (Å²) >= 11 is 0. The highest BCUT2D eigenvalue weighted by atomic mass is 16.4. The first-order chi connectivity index (χ1) is 2.77. The minimum absolute atomic E-state index is 0.611. The molecule has 0 aliphatic carbocycles. The highest BCUT2D eigenvalue weighted by molar-refractivity contribution is 6.21. The normalized spacial score (nSPS) is 9.33. The van der Waals surface area contributed by atoms with Crippen LogP contribution in [0.3, 0.4) is 0 Å². The molecule has 0 bridgehead atoms. The van der Waals surface area contributed by atoms with E-state index in [2.05, 4.69) is 10.9 Å². The predicted octanol–water partition coefficient (Wildman–Crippen LogP) is -0.984. The number of hydrogen-bond acceptors (Lipinski definition) is 3. The van der Waals surface area contributed by atoms with Crippen molar-refractivity contribution in [1.29, 1.82) is 0 Å². The summed E-state index contributed by atoms with van der Waals surface area (Å²) in [5.74, 6) is 3.29. The summed E-state index contributed by atoms with van der Waals surface area (Å²) in [6, 6.07) is 0. The van der Waals surface area contributed by atoms with E-state index < -0.39 is 5.97 Å². The maximum atomic E-state index is 9.37. The number of nitrogens with two attached hydrogens (primary N) is 1. The van der Waals surface area contributed by atoms with Gasteiger partial charge in [0.05, 0.1) is 0 Å². The molecule has 0 radical (unpaired) electrons. The number of rotatable bonds is 1. The van der Waals surface area contributed by atoms with Gasteiger partial charge in [-0.1, -0.05) is 0 Å². The zero-order chi connectivity index (χ0) is 4.99. The number of carbonyl (C=O) groups is 1. The second-order valence-electron chi connectivity index (χ2n) is 0.616. The van der Waals surface area contributed by atoms with Gasteiger partial charge in [-0.05, 0) is 0 Å². The maximum absolute atomic E-state index is 9.37. The van der Waals surface area contributed by atoms with Gasteiger partial charge >= 0.3 is 5.97 Å². The van der Waals surface area contributed by atoms with Crippen molar-refractivity contribution in [3.63, 3.8) is 0 Å². The van der Waals surface area contributed by atoms with Gasteiger partial charge in [-0.15, -0.1) is 0 Å². The van der Waals surface area contributed by atoms with Gasteiger partial charge in [0, 0.05) is 0 Å². The smallest absolute Gasteiger partial charge is 0.348 e. The van der Waals surface area contributed by atoms with Crippen LogP contribution in [-0.4, -0.2) is 17.3 Å². The summed E-state index contributed by atoms with van der Waals surface area (Å²) in [6.07, 6.45) is 0.611. The Kier molecular flexibility index (Phi) is 1.81. The van der Waals surface area contributed by atoms with Gasteiger partial charge in [0.25, 0.3) is 0 Å². The Bertz CT molecular complexity index is 77.6. The van der Waals surface area contributed by atoms with E-state index in [0.29, 0.717) is 6.21 Å². The molecule has 0 fully saturated rings. The molecule has 0 atom stereocenters. The molecule has 0 aromatic carbocycles. The molecule has 0 rings (SSSR count). The van der Waals surface area contributed by atoms with Crippen molar-refractivity contribution in [1.82, 2.24) is 0 Å². The first-order valence-corrected chi connectivity index (χ1v) is 1.23. The molecule has 0 aliphatic heterocycles. The highest BCUT2D eigenvalue weighted by Gasteiger charge is 1.79. The lowest BCUT2D eigenvalue weighted by molar-refractivity contribution is -0.128. The van der Waals surface area contributed by atoms with Crippen molar-refractivity contribution < 1.29 is 9.90 Å². The van der Waals surface area contributed by atoms with Crippen LogP contribution in [0.5, 0.6) is 0 Å². The largest absolute Gasteiger partial charge is 0.477 e. The zero-order valence-electron chi connectivity index (χ0n) is 2.96. The standard InChI is InChI=1S/C2H4N2O2/c3-4-1-2(5)6/h1H,3H2,(H,5,6). The third-order valence-corrected chi connectivity index (χ3v) is 0.185. The average molecular weight is 88.1 g/mol. The molecule has 4 heteroatoms. The topological polar surface area (TPSA) is 75.7 Å². The Morgan fingerprint density at radius 1 is 2.00 bits per heavy atom. The molecule has 34 valence electrons. The molecule has 0 saturated carbocycles. The van der Waals surface area contributed by atoms with Crippen LogP contribution < -0.4 is 5.84 Å². The highest BCUT2D eigenvalue weighted by Crippen LogP contribution is 1.46. The molecule has 0 aromatic rings. The van der Waals surface area contributed by atoms with Crippen LogP contribution in [0.1, 0.15) is 0 Å². The minimum atomic E-state index is -1.13. The van der Waals surface area contributed by atoms with Crippen LogP contribution in [0.15, 0.2) is 5.10 Å². The summed E-state index contributed by atoms with van der Waals surface area (Å²) in [5.41, 5.74) is 0. The van der Waals surface area contributed by atoms with Crippen LogP contribution >= 0.6 is 0 Å². The van der Waals surface area contributed by atoms with Crippen LogP contribution in [-0.2, 0) is 4.79 Å². The monoisotopic (exact) mass is 88.0 g/mol.